The lowest BCUT2D eigenvalue weighted by atomic mass is 9.91. The number of benzene rings is 8. The van der Waals surface area contributed by atoms with Crippen molar-refractivity contribution >= 4 is 54.6 Å². The molecular weight excluding hydrogens is 663 g/mol. The normalized spacial score (nSPS) is 11.7. The van der Waals surface area contributed by atoms with Gasteiger partial charge in [-0.2, -0.15) is 0 Å². The Hall–Kier alpha value is -7.37. The molecule has 11 aromatic rings. The van der Waals surface area contributed by atoms with Crippen molar-refractivity contribution in [3.63, 3.8) is 0 Å². The second kappa shape index (κ2) is 12.1. The van der Waals surface area contributed by atoms with Crippen LogP contribution in [0, 0.1) is 0 Å². The van der Waals surface area contributed by atoms with Crippen LogP contribution < -0.4 is 0 Å². The highest BCUT2D eigenvalue weighted by molar-refractivity contribution is 6.20. The van der Waals surface area contributed by atoms with Crippen molar-refractivity contribution in [1.82, 2.24) is 15.0 Å². The minimum Gasteiger partial charge on any atom is -0.456 e. The van der Waals surface area contributed by atoms with Crippen molar-refractivity contribution in [2.45, 2.75) is 0 Å². The molecule has 0 saturated carbocycles. The molecular formula is C49H29N3O2. The third kappa shape index (κ3) is 4.76. The van der Waals surface area contributed by atoms with Crippen LogP contribution in [0.1, 0.15) is 0 Å². The van der Waals surface area contributed by atoms with E-state index in [2.05, 4.69) is 109 Å². The number of aromatic nitrogens is 3. The molecule has 0 atom stereocenters. The van der Waals surface area contributed by atoms with E-state index < -0.39 is 0 Å². The van der Waals surface area contributed by atoms with Gasteiger partial charge in [-0.1, -0.05) is 152 Å². The van der Waals surface area contributed by atoms with E-state index in [1.54, 1.807) is 0 Å². The maximum absolute atomic E-state index is 6.51. The minimum absolute atomic E-state index is 0.590. The summed E-state index contributed by atoms with van der Waals surface area (Å²) in [6.07, 6.45) is 0. The molecule has 8 aromatic carbocycles. The highest BCUT2D eigenvalue weighted by atomic mass is 16.3. The Labute approximate surface area is 309 Å². The van der Waals surface area contributed by atoms with Gasteiger partial charge in [-0.3, -0.25) is 0 Å². The quantitative estimate of drug-likeness (QED) is 0.180. The van der Waals surface area contributed by atoms with Crippen molar-refractivity contribution in [1.29, 1.82) is 0 Å². The SMILES string of the molecule is c1ccc(-c2nc(-c3cccc4c(-c5cccc6oc7cccc(-c8ccccc8)c7c56)cccc34)nc(-c3cccc4oc5ccccc5c34)n2)cc1. The maximum Gasteiger partial charge on any atom is 0.164 e. The number of hydrogen-bond donors (Lipinski definition) is 0. The average Bonchev–Trinajstić information content (AvgIpc) is 3.83. The predicted molar refractivity (Wildman–Crippen MR) is 219 cm³/mol. The second-order valence-electron chi connectivity index (χ2n) is 13.5. The number of furan rings is 2. The fraction of sp³-hybridized carbons (Fsp3) is 0. The van der Waals surface area contributed by atoms with Crippen LogP contribution in [0.2, 0.25) is 0 Å². The van der Waals surface area contributed by atoms with Crippen molar-refractivity contribution < 1.29 is 8.83 Å². The third-order valence-corrected chi connectivity index (χ3v) is 10.4. The van der Waals surface area contributed by atoms with E-state index >= 15 is 0 Å². The molecule has 0 amide bonds. The smallest absolute Gasteiger partial charge is 0.164 e. The van der Waals surface area contributed by atoms with E-state index in [9.17, 15) is 0 Å². The van der Waals surface area contributed by atoms with Gasteiger partial charge in [-0.25, -0.2) is 15.0 Å². The zero-order valence-electron chi connectivity index (χ0n) is 28.9. The molecule has 0 N–H and O–H groups in total. The lowest BCUT2D eigenvalue weighted by Gasteiger charge is -2.13. The van der Waals surface area contributed by atoms with E-state index in [0.717, 1.165) is 93.6 Å². The zero-order chi connectivity index (χ0) is 35.6. The number of rotatable bonds is 5. The van der Waals surface area contributed by atoms with Crippen molar-refractivity contribution in [2.75, 3.05) is 0 Å². The highest BCUT2D eigenvalue weighted by Gasteiger charge is 2.21. The summed E-state index contributed by atoms with van der Waals surface area (Å²) in [6.45, 7) is 0. The summed E-state index contributed by atoms with van der Waals surface area (Å²) in [5.41, 5.74) is 10.6. The first-order valence-corrected chi connectivity index (χ1v) is 18.0. The van der Waals surface area contributed by atoms with Gasteiger partial charge in [0.1, 0.15) is 22.3 Å². The van der Waals surface area contributed by atoms with Crippen LogP contribution in [0.15, 0.2) is 185 Å². The predicted octanol–water partition coefficient (Wildman–Crippen LogP) is 13.2. The van der Waals surface area contributed by atoms with Gasteiger partial charge < -0.3 is 8.83 Å². The standard InChI is InChI=1S/C49H29N3O2/c1-3-14-30(15-4-1)32-19-11-28-42-45(32)46-36(23-12-29-43(46)54-42)34-21-9-22-35-33(34)20-10-24-37(35)48-50-47(31-16-5-2-6-17-31)51-49(52-48)39-25-13-27-41-44(39)38-18-7-8-26-40(38)53-41/h1-29H. The van der Waals surface area contributed by atoms with Gasteiger partial charge in [0.05, 0.1) is 0 Å². The topological polar surface area (TPSA) is 65.0 Å². The zero-order valence-corrected chi connectivity index (χ0v) is 28.9. The molecule has 3 aromatic heterocycles. The molecule has 252 valence electrons. The van der Waals surface area contributed by atoms with Crippen LogP contribution in [0.3, 0.4) is 0 Å². The average molecular weight is 692 g/mol. The maximum atomic E-state index is 6.51. The number of hydrogen-bond acceptors (Lipinski definition) is 5. The molecule has 0 aliphatic carbocycles. The van der Waals surface area contributed by atoms with Crippen LogP contribution in [0.4, 0.5) is 0 Å². The Bertz CT molecular complexity index is 3220. The van der Waals surface area contributed by atoms with Gasteiger partial charge in [0.15, 0.2) is 17.5 Å². The Morgan fingerprint density at radius 3 is 1.44 bits per heavy atom. The van der Waals surface area contributed by atoms with Gasteiger partial charge >= 0.3 is 0 Å². The van der Waals surface area contributed by atoms with E-state index in [1.807, 2.05) is 66.7 Å². The Kier molecular flexibility index (Phi) is 6.79. The van der Waals surface area contributed by atoms with Crippen LogP contribution in [-0.2, 0) is 0 Å². The van der Waals surface area contributed by atoms with E-state index in [4.69, 9.17) is 23.8 Å². The summed E-state index contributed by atoms with van der Waals surface area (Å²) in [5.74, 6) is 1.80. The first-order chi connectivity index (χ1) is 26.8. The molecule has 54 heavy (non-hydrogen) atoms. The van der Waals surface area contributed by atoms with E-state index in [-0.39, 0.29) is 0 Å². The Balaban J connectivity index is 1.15. The highest BCUT2D eigenvalue weighted by Crippen LogP contribution is 2.44. The molecule has 0 saturated heterocycles. The molecule has 5 heteroatoms. The fourth-order valence-corrected chi connectivity index (χ4v) is 7.98. The summed E-state index contributed by atoms with van der Waals surface area (Å²) in [4.78, 5) is 15.5. The summed E-state index contributed by atoms with van der Waals surface area (Å²) >= 11 is 0. The molecule has 3 heterocycles. The van der Waals surface area contributed by atoms with E-state index in [1.165, 1.54) is 0 Å². The molecule has 11 rings (SSSR count). The minimum atomic E-state index is 0.590. The van der Waals surface area contributed by atoms with Crippen LogP contribution >= 0.6 is 0 Å². The van der Waals surface area contributed by atoms with Gasteiger partial charge in [0.2, 0.25) is 0 Å². The van der Waals surface area contributed by atoms with Crippen LogP contribution in [-0.4, -0.2) is 15.0 Å². The summed E-state index contributed by atoms with van der Waals surface area (Å²) in [6, 6.07) is 60.3. The number of para-hydroxylation sites is 1. The van der Waals surface area contributed by atoms with Crippen molar-refractivity contribution in [2.24, 2.45) is 0 Å². The molecule has 0 radical (unpaired) electrons. The van der Waals surface area contributed by atoms with Crippen molar-refractivity contribution in [3.8, 4) is 56.4 Å². The third-order valence-electron chi connectivity index (χ3n) is 10.4. The Morgan fingerprint density at radius 1 is 0.259 bits per heavy atom. The summed E-state index contributed by atoms with van der Waals surface area (Å²) in [7, 11) is 0. The summed E-state index contributed by atoms with van der Waals surface area (Å²) in [5, 5.41) is 6.36. The molecule has 5 nitrogen and oxygen atoms in total. The number of fused-ring (bicyclic) bond motifs is 7. The van der Waals surface area contributed by atoms with Gasteiger partial charge in [0, 0.05) is 38.2 Å². The van der Waals surface area contributed by atoms with Gasteiger partial charge in [-0.05, 0) is 57.3 Å². The number of nitrogens with zero attached hydrogens (tertiary/aromatic N) is 3. The lowest BCUT2D eigenvalue weighted by Crippen LogP contribution is -2.01. The Morgan fingerprint density at radius 2 is 0.704 bits per heavy atom. The molecule has 0 spiro atoms. The van der Waals surface area contributed by atoms with E-state index in [0.29, 0.717) is 17.5 Å². The van der Waals surface area contributed by atoms with Gasteiger partial charge in [-0.15, -0.1) is 0 Å². The van der Waals surface area contributed by atoms with Crippen LogP contribution in [0.5, 0.6) is 0 Å². The molecule has 0 unspecified atom stereocenters. The molecule has 0 aliphatic heterocycles. The van der Waals surface area contributed by atoms with Gasteiger partial charge in [0.25, 0.3) is 0 Å². The first-order valence-electron chi connectivity index (χ1n) is 18.0. The fourth-order valence-electron chi connectivity index (χ4n) is 7.98. The van der Waals surface area contributed by atoms with Crippen LogP contribution in [0.25, 0.3) is 111 Å². The summed E-state index contributed by atoms with van der Waals surface area (Å²) < 4.78 is 12.8. The lowest BCUT2D eigenvalue weighted by molar-refractivity contribution is 0.668. The molecule has 0 aliphatic rings. The monoisotopic (exact) mass is 691 g/mol. The molecule has 0 fully saturated rings. The van der Waals surface area contributed by atoms with Crippen molar-refractivity contribution in [3.05, 3.63) is 176 Å². The first kappa shape index (κ1) is 30.3. The largest absolute Gasteiger partial charge is 0.456 e. The molecule has 0 bridgehead atoms. The second-order valence-corrected chi connectivity index (χ2v) is 13.5.